The van der Waals surface area contributed by atoms with E-state index in [1.165, 1.54) is 0 Å². The predicted molar refractivity (Wildman–Crippen MR) is 95.8 cm³/mol. The molecule has 0 unspecified atom stereocenters. The highest BCUT2D eigenvalue weighted by Gasteiger charge is 2.41. The number of hydrogen-bond donors (Lipinski definition) is 1. The van der Waals surface area contributed by atoms with Gasteiger partial charge >= 0.3 is 0 Å². The van der Waals surface area contributed by atoms with Crippen molar-refractivity contribution >= 4 is 53.8 Å². The molecule has 0 bridgehead atoms. The molecular weight excluding hydrogens is 363 g/mol. The van der Waals surface area contributed by atoms with Gasteiger partial charge in [-0.1, -0.05) is 16.8 Å². The quantitative estimate of drug-likeness (QED) is 0.631. The number of methoxy groups -OCH3 is 1. The van der Waals surface area contributed by atoms with Crippen molar-refractivity contribution in [2.45, 2.75) is 24.9 Å². The number of halogens is 3. The van der Waals surface area contributed by atoms with E-state index in [1.54, 1.807) is 25.4 Å². The molecule has 6 nitrogen and oxygen atoms in total. The smallest absolute Gasteiger partial charge is 0.240 e. The van der Waals surface area contributed by atoms with Crippen molar-refractivity contribution < 1.29 is 9.57 Å². The number of piperidine rings is 1. The summed E-state index contributed by atoms with van der Waals surface area (Å²) in [5, 5.41) is 8.07. The lowest BCUT2D eigenvalue weighted by Gasteiger charge is -2.30. The molecule has 23 heavy (non-hydrogen) atoms. The highest BCUT2D eigenvalue weighted by molar-refractivity contribution is 6.39. The maximum absolute atomic E-state index is 5.81. The van der Waals surface area contributed by atoms with E-state index in [9.17, 15) is 0 Å². The van der Waals surface area contributed by atoms with Crippen molar-refractivity contribution in [3.63, 3.8) is 0 Å². The number of rotatable bonds is 2. The predicted octanol–water partition coefficient (Wildman–Crippen LogP) is 3.15. The van der Waals surface area contributed by atoms with Gasteiger partial charge in [0.2, 0.25) is 5.90 Å². The normalized spacial score (nSPS) is 19.2. The van der Waals surface area contributed by atoms with Gasteiger partial charge < -0.3 is 14.9 Å². The van der Waals surface area contributed by atoms with Crippen LogP contribution < -0.4 is 5.32 Å². The van der Waals surface area contributed by atoms with E-state index in [0.29, 0.717) is 16.7 Å². The van der Waals surface area contributed by atoms with Gasteiger partial charge in [-0.2, -0.15) is 4.99 Å². The van der Waals surface area contributed by atoms with Crippen molar-refractivity contribution in [3.05, 3.63) is 23.4 Å². The number of ether oxygens (including phenoxy) is 1. The maximum Gasteiger partial charge on any atom is 0.240 e. The van der Waals surface area contributed by atoms with E-state index in [2.05, 4.69) is 20.4 Å². The molecule has 1 fully saturated rings. The topological polar surface area (TPSA) is 68.1 Å². The number of nitrogens with one attached hydrogen (secondary N) is 1. The second-order valence-electron chi connectivity index (χ2n) is 5.19. The SMILES string of the molecule is COC(=Nc1ccc(Cl)cn1)C1=NOC2(CCNCC2)C1.Cl.Cl. The first-order valence-corrected chi connectivity index (χ1v) is 7.29. The summed E-state index contributed by atoms with van der Waals surface area (Å²) < 4.78 is 5.35. The minimum atomic E-state index is -0.201. The van der Waals surface area contributed by atoms with Crippen LogP contribution in [-0.4, -0.2) is 42.4 Å². The minimum absolute atomic E-state index is 0. The number of oxime groups is 1. The molecule has 3 heterocycles. The van der Waals surface area contributed by atoms with Crippen LogP contribution in [0.1, 0.15) is 19.3 Å². The zero-order chi connectivity index (χ0) is 14.7. The third-order valence-electron chi connectivity index (χ3n) is 3.72. The van der Waals surface area contributed by atoms with Gasteiger partial charge in [-0.15, -0.1) is 24.8 Å². The Morgan fingerprint density at radius 3 is 2.70 bits per heavy atom. The molecule has 0 amide bonds. The lowest BCUT2D eigenvalue weighted by Crippen LogP contribution is -2.42. The Bertz CT molecular complexity index is 572. The Hall–Kier alpha value is -1.08. The molecule has 0 radical (unpaired) electrons. The van der Waals surface area contributed by atoms with E-state index >= 15 is 0 Å². The van der Waals surface area contributed by atoms with E-state index < -0.39 is 0 Å². The lowest BCUT2D eigenvalue weighted by molar-refractivity contribution is -0.0400. The molecule has 0 aliphatic carbocycles. The van der Waals surface area contributed by atoms with Crippen molar-refractivity contribution in [1.29, 1.82) is 0 Å². The molecule has 3 rings (SSSR count). The average Bonchev–Trinajstić information content (AvgIpc) is 2.91. The summed E-state index contributed by atoms with van der Waals surface area (Å²) >= 11 is 5.81. The second kappa shape index (κ2) is 8.68. The molecule has 9 heteroatoms. The first kappa shape index (κ1) is 20.0. The molecule has 1 aromatic rings. The summed E-state index contributed by atoms with van der Waals surface area (Å²) in [7, 11) is 1.57. The van der Waals surface area contributed by atoms with Crippen LogP contribution in [-0.2, 0) is 9.57 Å². The van der Waals surface area contributed by atoms with Gasteiger partial charge in [0.1, 0.15) is 11.3 Å². The van der Waals surface area contributed by atoms with Crippen LogP contribution in [0, 0.1) is 0 Å². The molecule has 0 atom stereocenters. The first-order valence-electron chi connectivity index (χ1n) is 6.91. The third kappa shape index (κ3) is 4.70. The molecule has 0 aromatic carbocycles. The fourth-order valence-corrected chi connectivity index (χ4v) is 2.66. The molecule has 1 aromatic heterocycles. The Morgan fingerprint density at radius 2 is 2.09 bits per heavy atom. The molecule has 0 saturated carbocycles. The number of hydrogen-bond acceptors (Lipinski definition) is 6. The highest BCUT2D eigenvalue weighted by Crippen LogP contribution is 2.33. The summed E-state index contributed by atoms with van der Waals surface area (Å²) in [5.74, 6) is 0.977. The minimum Gasteiger partial charge on any atom is -0.480 e. The van der Waals surface area contributed by atoms with Crippen LogP contribution in [0.15, 0.2) is 28.5 Å². The van der Waals surface area contributed by atoms with Crippen molar-refractivity contribution in [2.24, 2.45) is 10.1 Å². The zero-order valence-electron chi connectivity index (χ0n) is 12.6. The standard InChI is InChI=1S/C14H17ClN4O2.2ClH/c1-20-13(18-12-3-2-10(15)9-17-12)11-8-14(21-19-11)4-6-16-7-5-14;;/h2-3,9,16H,4-8H2,1H3;2*1H. The number of nitrogens with zero attached hydrogens (tertiary/aromatic N) is 3. The molecular formula is C14H19Cl3N4O2. The molecule has 2 aliphatic heterocycles. The molecule has 128 valence electrons. The number of aromatic nitrogens is 1. The van der Waals surface area contributed by atoms with Crippen LogP contribution in [0.3, 0.4) is 0 Å². The molecule has 1 N–H and O–H groups in total. The molecule has 1 saturated heterocycles. The van der Waals surface area contributed by atoms with Gasteiger partial charge in [0.05, 0.1) is 12.1 Å². The van der Waals surface area contributed by atoms with Gasteiger partial charge in [0.15, 0.2) is 5.82 Å². The Balaban J connectivity index is 0.00000132. The van der Waals surface area contributed by atoms with Crippen LogP contribution >= 0.6 is 36.4 Å². The second-order valence-corrected chi connectivity index (χ2v) is 5.63. The van der Waals surface area contributed by atoms with E-state index in [0.717, 1.165) is 38.1 Å². The van der Waals surface area contributed by atoms with Crippen LogP contribution in [0.5, 0.6) is 0 Å². The van der Waals surface area contributed by atoms with Gasteiger partial charge in [0.25, 0.3) is 0 Å². The van der Waals surface area contributed by atoms with Crippen molar-refractivity contribution in [2.75, 3.05) is 20.2 Å². The summed E-state index contributed by atoms with van der Waals surface area (Å²) in [5.41, 5.74) is 0.531. The fraction of sp³-hybridized carbons (Fsp3) is 0.500. The largest absolute Gasteiger partial charge is 0.480 e. The van der Waals surface area contributed by atoms with Crippen LogP contribution in [0.25, 0.3) is 0 Å². The lowest BCUT2D eigenvalue weighted by atomic mass is 9.88. The number of pyridine rings is 1. The summed E-state index contributed by atoms with van der Waals surface area (Å²) in [6.45, 7) is 1.89. The Labute approximate surface area is 152 Å². The van der Waals surface area contributed by atoms with Crippen molar-refractivity contribution in [1.82, 2.24) is 10.3 Å². The third-order valence-corrected chi connectivity index (χ3v) is 3.95. The summed E-state index contributed by atoms with van der Waals surface area (Å²) in [6, 6.07) is 3.47. The fourth-order valence-electron chi connectivity index (χ4n) is 2.55. The highest BCUT2D eigenvalue weighted by atomic mass is 35.5. The van der Waals surface area contributed by atoms with E-state index in [1.807, 2.05) is 0 Å². The van der Waals surface area contributed by atoms with Crippen LogP contribution in [0.2, 0.25) is 5.02 Å². The summed E-state index contributed by atoms with van der Waals surface area (Å²) in [4.78, 5) is 14.2. The van der Waals surface area contributed by atoms with Crippen molar-refractivity contribution in [3.8, 4) is 0 Å². The van der Waals surface area contributed by atoms with E-state index in [4.69, 9.17) is 21.2 Å². The van der Waals surface area contributed by atoms with Gasteiger partial charge in [-0.3, -0.25) is 0 Å². The van der Waals surface area contributed by atoms with Gasteiger partial charge in [-0.25, -0.2) is 4.98 Å². The zero-order valence-corrected chi connectivity index (χ0v) is 15.0. The number of aliphatic imine (C=N–C) groups is 1. The monoisotopic (exact) mass is 380 g/mol. The maximum atomic E-state index is 5.81. The Kier molecular flexibility index (Phi) is 7.54. The summed E-state index contributed by atoms with van der Waals surface area (Å²) in [6.07, 6.45) is 4.15. The first-order chi connectivity index (χ1) is 10.2. The van der Waals surface area contributed by atoms with Crippen LogP contribution in [0.4, 0.5) is 5.82 Å². The average molecular weight is 382 g/mol. The van der Waals surface area contributed by atoms with Gasteiger partial charge in [-0.05, 0) is 25.2 Å². The molecule has 1 spiro atoms. The van der Waals surface area contributed by atoms with E-state index in [-0.39, 0.29) is 30.4 Å². The molecule has 2 aliphatic rings. The Morgan fingerprint density at radius 1 is 1.35 bits per heavy atom. The van der Waals surface area contributed by atoms with Gasteiger partial charge in [0, 0.05) is 25.5 Å².